The first-order valence-electron chi connectivity index (χ1n) is 9.18. The van der Waals surface area contributed by atoms with E-state index in [0.717, 1.165) is 17.4 Å². The van der Waals surface area contributed by atoms with Crippen LogP contribution in [0.15, 0.2) is 24.3 Å². The molecule has 5 nitrogen and oxygen atoms in total. The molecule has 1 aromatic heterocycles. The molecule has 2 saturated heterocycles. The van der Waals surface area contributed by atoms with Gasteiger partial charge in [0.25, 0.3) is 5.91 Å². The lowest BCUT2D eigenvalue weighted by Gasteiger charge is -2.44. The van der Waals surface area contributed by atoms with Crippen LogP contribution >= 0.6 is 0 Å². The molecule has 1 N–H and O–H groups in total. The molecule has 3 heterocycles. The summed E-state index contributed by atoms with van der Waals surface area (Å²) < 4.78 is 1.79. The number of para-hydroxylation sites is 1. The molecule has 2 aliphatic rings. The van der Waals surface area contributed by atoms with E-state index < -0.39 is 0 Å². The van der Waals surface area contributed by atoms with Crippen molar-refractivity contribution in [1.82, 2.24) is 20.0 Å². The van der Waals surface area contributed by atoms with Gasteiger partial charge in [0.2, 0.25) is 0 Å². The van der Waals surface area contributed by atoms with Crippen molar-refractivity contribution in [3.8, 4) is 0 Å². The van der Waals surface area contributed by atoms with Gasteiger partial charge in [0.05, 0.1) is 5.52 Å². The van der Waals surface area contributed by atoms with Gasteiger partial charge < -0.3 is 10.2 Å². The summed E-state index contributed by atoms with van der Waals surface area (Å²) >= 11 is 0. The Morgan fingerprint density at radius 1 is 1.21 bits per heavy atom. The number of hydrogen-bond donors (Lipinski definition) is 1. The van der Waals surface area contributed by atoms with Crippen LogP contribution in [0, 0.1) is 5.92 Å². The zero-order valence-electron chi connectivity index (χ0n) is 14.4. The fourth-order valence-corrected chi connectivity index (χ4v) is 4.50. The summed E-state index contributed by atoms with van der Waals surface area (Å²) in [6.45, 7) is 3.24. The highest BCUT2D eigenvalue weighted by Crippen LogP contribution is 2.30. The Morgan fingerprint density at radius 3 is 2.96 bits per heavy atom. The van der Waals surface area contributed by atoms with Gasteiger partial charge in [0.15, 0.2) is 5.69 Å². The summed E-state index contributed by atoms with van der Waals surface area (Å²) in [4.78, 5) is 15.3. The molecule has 2 aromatic rings. The fraction of sp³-hybridized carbons (Fsp3) is 0.579. The molecule has 1 amide bonds. The van der Waals surface area contributed by atoms with E-state index in [1.54, 1.807) is 4.68 Å². The number of aryl methyl sites for hydroxylation is 1. The van der Waals surface area contributed by atoms with Crippen molar-refractivity contribution in [3.63, 3.8) is 0 Å². The van der Waals surface area contributed by atoms with Crippen molar-refractivity contribution >= 4 is 16.8 Å². The predicted molar refractivity (Wildman–Crippen MR) is 95.0 cm³/mol. The number of hydrogen-bond acceptors (Lipinski definition) is 3. The molecule has 0 saturated carbocycles. The van der Waals surface area contributed by atoms with E-state index in [9.17, 15) is 4.79 Å². The van der Waals surface area contributed by atoms with Crippen molar-refractivity contribution in [3.05, 3.63) is 30.0 Å². The first kappa shape index (κ1) is 15.6. The molecule has 0 unspecified atom stereocenters. The van der Waals surface area contributed by atoms with E-state index in [4.69, 9.17) is 0 Å². The minimum atomic E-state index is -0.0419. The van der Waals surface area contributed by atoms with Crippen LogP contribution in [0.4, 0.5) is 0 Å². The molecular weight excluding hydrogens is 300 g/mol. The van der Waals surface area contributed by atoms with Gasteiger partial charge in [0, 0.05) is 25.0 Å². The maximum atomic E-state index is 12.7. The summed E-state index contributed by atoms with van der Waals surface area (Å²) in [5, 5.41) is 8.53. The molecule has 24 heavy (non-hydrogen) atoms. The van der Waals surface area contributed by atoms with Gasteiger partial charge in [-0.1, -0.05) is 24.6 Å². The summed E-state index contributed by atoms with van der Waals surface area (Å²) in [6, 6.07) is 8.57. The summed E-state index contributed by atoms with van der Waals surface area (Å²) in [7, 11) is 1.89. The number of piperidine rings is 2. The van der Waals surface area contributed by atoms with Gasteiger partial charge in [-0.2, -0.15) is 5.10 Å². The van der Waals surface area contributed by atoms with E-state index in [0.29, 0.717) is 17.7 Å². The fourth-order valence-electron chi connectivity index (χ4n) is 4.50. The summed E-state index contributed by atoms with van der Waals surface area (Å²) in [6.07, 6.45) is 6.42. The van der Waals surface area contributed by atoms with Crippen molar-refractivity contribution in [2.75, 3.05) is 19.6 Å². The van der Waals surface area contributed by atoms with E-state index in [-0.39, 0.29) is 5.91 Å². The summed E-state index contributed by atoms with van der Waals surface area (Å²) in [5.41, 5.74) is 1.54. The lowest BCUT2D eigenvalue weighted by Crippen LogP contribution is -2.51. The topological polar surface area (TPSA) is 50.2 Å². The second-order valence-corrected chi connectivity index (χ2v) is 7.20. The van der Waals surface area contributed by atoms with Crippen molar-refractivity contribution in [2.45, 2.75) is 38.1 Å². The third-order valence-corrected chi connectivity index (χ3v) is 5.73. The van der Waals surface area contributed by atoms with Crippen LogP contribution in [-0.2, 0) is 7.05 Å². The SMILES string of the molecule is Cn1nc(C(=O)NC[C@@H]2CCCN3CCCC[C@H]23)c2ccccc21. The molecule has 0 aliphatic carbocycles. The number of carbonyl (C=O) groups excluding carboxylic acids is 1. The number of nitrogens with zero attached hydrogens (tertiary/aromatic N) is 3. The predicted octanol–water partition coefficient (Wildman–Crippen LogP) is 2.57. The lowest BCUT2D eigenvalue weighted by atomic mass is 9.83. The van der Waals surface area contributed by atoms with Crippen molar-refractivity contribution < 1.29 is 4.79 Å². The Kier molecular flexibility index (Phi) is 4.27. The third-order valence-electron chi connectivity index (χ3n) is 5.73. The van der Waals surface area contributed by atoms with Crippen LogP contribution in [0.3, 0.4) is 0 Å². The number of nitrogens with one attached hydrogen (secondary N) is 1. The monoisotopic (exact) mass is 326 g/mol. The largest absolute Gasteiger partial charge is 0.350 e. The van der Waals surface area contributed by atoms with Gasteiger partial charge in [0.1, 0.15) is 0 Å². The zero-order valence-corrected chi connectivity index (χ0v) is 14.4. The van der Waals surface area contributed by atoms with Gasteiger partial charge >= 0.3 is 0 Å². The van der Waals surface area contributed by atoms with Gasteiger partial charge in [-0.3, -0.25) is 9.48 Å². The highest BCUT2D eigenvalue weighted by molar-refractivity contribution is 6.04. The normalized spacial score (nSPS) is 24.7. The van der Waals surface area contributed by atoms with Gasteiger partial charge in [-0.05, 0) is 50.8 Å². The third kappa shape index (κ3) is 2.81. The van der Waals surface area contributed by atoms with Crippen LogP contribution in [0.2, 0.25) is 0 Å². The van der Waals surface area contributed by atoms with E-state index in [1.807, 2.05) is 31.3 Å². The van der Waals surface area contributed by atoms with Crippen LogP contribution in [0.5, 0.6) is 0 Å². The van der Waals surface area contributed by atoms with Crippen LogP contribution < -0.4 is 5.32 Å². The molecule has 0 bridgehead atoms. The molecule has 5 heteroatoms. The first-order chi connectivity index (χ1) is 11.7. The smallest absolute Gasteiger partial charge is 0.272 e. The maximum absolute atomic E-state index is 12.7. The van der Waals surface area contributed by atoms with Gasteiger partial charge in [-0.25, -0.2) is 0 Å². The highest BCUT2D eigenvalue weighted by atomic mass is 16.1. The molecule has 2 aliphatic heterocycles. The number of rotatable bonds is 3. The maximum Gasteiger partial charge on any atom is 0.272 e. The average Bonchev–Trinajstić information content (AvgIpc) is 2.97. The lowest BCUT2D eigenvalue weighted by molar-refractivity contribution is 0.0575. The minimum Gasteiger partial charge on any atom is -0.350 e. The molecule has 1 aromatic carbocycles. The number of benzene rings is 1. The molecule has 0 radical (unpaired) electrons. The Labute approximate surface area is 143 Å². The highest BCUT2D eigenvalue weighted by Gasteiger charge is 2.33. The Hall–Kier alpha value is -1.88. The van der Waals surface area contributed by atoms with Crippen LogP contribution in [0.1, 0.15) is 42.6 Å². The quantitative estimate of drug-likeness (QED) is 0.943. The second-order valence-electron chi connectivity index (χ2n) is 7.20. The number of amides is 1. The van der Waals surface area contributed by atoms with Crippen molar-refractivity contribution in [1.29, 1.82) is 0 Å². The van der Waals surface area contributed by atoms with Crippen LogP contribution in [-0.4, -0.2) is 46.3 Å². The van der Waals surface area contributed by atoms with Crippen molar-refractivity contribution in [2.24, 2.45) is 13.0 Å². The Morgan fingerprint density at radius 2 is 2.04 bits per heavy atom. The zero-order chi connectivity index (χ0) is 16.5. The number of carbonyl (C=O) groups is 1. The molecule has 2 fully saturated rings. The second kappa shape index (κ2) is 6.55. The van der Waals surface area contributed by atoms with E-state index in [2.05, 4.69) is 15.3 Å². The molecule has 128 valence electrons. The van der Waals surface area contributed by atoms with Crippen LogP contribution in [0.25, 0.3) is 10.9 Å². The Bertz CT molecular complexity index is 736. The van der Waals surface area contributed by atoms with E-state index in [1.165, 1.54) is 45.2 Å². The molecule has 2 atom stereocenters. The summed E-state index contributed by atoms with van der Waals surface area (Å²) in [5.74, 6) is 0.540. The molecular formula is C19H26N4O. The average molecular weight is 326 g/mol. The molecule has 4 rings (SSSR count). The number of aromatic nitrogens is 2. The van der Waals surface area contributed by atoms with E-state index >= 15 is 0 Å². The van der Waals surface area contributed by atoms with Gasteiger partial charge in [-0.15, -0.1) is 0 Å². The molecule has 0 spiro atoms. The standard InChI is InChI=1S/C19H26N4O/c1-22-17-10-3-2-8-15(17)18(21-22)19(24)20-13-14-7-6-12-23-11-5-4-9-16(14)23/h2-3,8,10,14,16H,4-7,9,11-13H2,1H3,(H,20,24)/t14-,16+/m0/s1. The Balaban J connectivity index is 1.46. The first-order valence-corrected chi connectivity index (χ1v) is 9.18. The number of fused-ring (bicyclic) bond motifs is 2. The minimum absolute atomic E-state index is 0.0419.